The standard InChI is InChI=1S/C66H107Cl8N17O18/c67-34-51(94)76-24-8-1-16-43(85-55(98)38-71)60(103)81-28-12-5-18-45(89-64(107)47(87-57(100)40-73)20-3-10-26-78-53(96)36-69)62(105)83-30-13-6-19-46(63(106)84-33-23-50(93)75-31-15-32-80-59(102)42-92)90-66(109)49(91-65(108)48(88-58(101)41-74)21-4-11-27-79-54(97)37-70)22-7-14-29-82-61(104)44(86-56(99)39-72)17-2-9-25-77-52(95)35-68/h42-49H,1-41H2,(H,75,93)(H,76,94)(H,77,95)(H,78,96)(H,79,97)(H,80,102)(H,81,103)(H,82,104)(H,83,105)(H,84,106)(H,85,98)(H,86,99)(H,87,100)(H,88,101)(H,89,107)(H,90,109)(H,91,108)/t43-,44-,45-,46-,47-,48-,49-/m0/s1. The van der Waals surface area contributed by atoms with Crippen molar-refractivity contribution in [3.8, 4) is 0 Å². The second-order valence-electron chi connectivity index (χ2n) is 24.6. The van der Waals surface area contributed by atoms with Crippen LogP contribution in [0.4, 0.5) is 0 Å². The number of hydrogen-bond acceptors (Lipinski definition) is 18. The van der Waals surface area contributed by atoms with Gasteiger partial charge in [0.25, 0.3) is 5.91 Å². The summed E-state index contributed by atoms with van der Waals surface area (Å²) in [7, 11) is 0. The van der Waals surface area contributed by atoms with Crippen LogP contribution in [0, 0.1) is 0 Å². The van der Waals surface area contributed by atoms with E-state index in [1.54, 1.807) is 0 Å². The van der Waals surface area contributed by atoms with Crippen LogP contribution in [0.25, 0.3) is 0 Å². The summed E-state index contributed by atoms with van der Waals surface area (Å²) < 4.78 is 0. The summed E-state index contributed by atoms with van der Waals surface area (Å²) in [5.41, 5.74) is 0. The van der Waals surface area contributed by atoms with E-state index in [4.69, 9.17) is 92.8 Å². The van der Waals surface area contributed by atoms with Crippen LogP contribution in [0.1, 0.15) is 148 Å². The van der Waals surface area contributed by atoms with Gasteiger partial charge in [-0.15, -0.1) is 92.8 Å². The summed E-state index contributed by atoms with van der Waals surface area (Å²) in [6.07, 6.45) is 4.29. The molecular formula is C66H107Cl8N17O18. The van der Waals surface area contributed by atoms with E-state index in [0.29, 0.717) is 44.9 Å². The number of hydrogen-bond donors (Lipinski definition) is 17. The fraction of sp³-hybridized carbons (Fsp3) is 0.727. The first kappa shape index (κ1) is 102. The highest BCUT2D eigenvalue weighted by molar-refractivity contribution is 6.30. The lowest BCUT2D eigenvalue weighted by molar-refractivity contribution is -0.134. The van der Waals surface area contributed by atoms with Gasteiger partial charge in [0.05, 0.1) is 0 Å². The Labute approximate surface area is 674 Å². The largest absolute Gasteiger partial charge is 0.356 e. The molecule has 620 valence electrons. The van der Waals surface area contributed by atoms with Crippen LogP contribution in [0.5, 0.6) is 0 Å². The molecule has 35 nitrogen and oxygen atoms in total. The maximum absolute atomic E-state index is 14.7. The molecule has 0 aromatic carbocycles. The number of alkyl halides is 8. The molecule has 43 heteroatoms. The summed E-state index contributed by atoms with van der Waals surface area (Å²) in [4.78, 5) is 229. The van der Waals surface area contributed by atoms with Gasteiger partial charge in [-0.1, -0.05) is 0 Å². The van der Waals surface area contributed by atoms with Crippen LogP contribution in [0.2, 0.25) is 0 Å². The predicted molar refractivity (Wildman–Crippen MR) is 412 cm³/mol. The molecular weight excluding hydrogens is 1600 g/mol. The second-order valence-corrected chi connectivity index (χ2v) is 26.8. The molecule has 0 unspecified atom stereocenters. The predicted octanol–water partition coefficient (Wildman–Crippen LogP) is -1.38. The monoisotopic (exact) mass is 1710 g/mol. The van der Waals surface area contributed by atoms with Crippen LogP contribution < -0.4 is 90.4 Å². The fourth-order valence-electron chi connectivity index (χ4n) is 10.1. The Morgan fingerprint density at radius 2 is 0.394 bits per heavy atom. The quantitative estimate of drug-likeness (QED) is 0.0144. The van der Waals surface area contributed by atoms with Gasteiger partial charge in [-0.05, 0) is 141 Å². The molecule has 0 spiro atoms. The van der Waals surface area contributed by atoms with Crippen molar-refractivity contribution >= 4 is 200 Å². The number of halogens is 8. The van der Waals surface area contributed by atoms with Gasteiger partial charge in [-0.3, -0.25) is 86.3 Å². The Bertz CT molecular complexity index is 2870. The lowest BCUT2D eigenvalue weighted by Crippen LogP contribution is -2.57. The van der Waals surface area contributed by atoms with E-state index < -0.39 is 154 Å². The highest BCUT2D eigenvalue weighted by atomic mass is 35.5. The third kappa shape index (κ3) is 52.7. The van der Waals surface area contributed by atoms with Crippen molar-refractivity contribution in [2.45, 2.75) is 190 Å². The molecule has 0 rings (SSSR count). The maximum Gasteiger partial charge on any atom is 0.284 e. The van der Waals surface area contributed by atoms with Crippen molar-refractivity contribution in [3.63, 3.8) is 0 Å². The van der Waals surface area contributed by atoms with Gasteiger partial charge in [-0.25, -0.2) is 0 Å². The first-order valence-corrected chi connectivity index (χ1v) is 40.3. The lowest BCUT2D eigenvalue weighted by atomic mass is 10.0. The molecule has 0 aliphatic heterocycles. The Morgan fingerprint density at radius 3 is 0.642 bits per heavy atom. The van der Waals surface area contributed by atoms with Crippen LogP contribution >= 0.6 is 92.8 Å². The SMILES string of the molecule is O=CC(=O)NCCCNC(=O)CCNC(=O)[C@H](CCCCNC(=O)[C@H](CCCCNC(=O)[C@H](CCCCNC(=O)CCl)NC(=O)CCl)NC(=O)[C@H](CCCCNC(=O)CCl)NC(=O)CCl)NC(=O)[C@H](CCCCNC(=O)[C@H](CCCCNC(=O)CCl)NC(=O)CCl)NC(=O)[C@H](CCCCNC(=O)CCl)NC(=O)CCl. The number of carbonyl (C=O) groups is 18. The molecule has 0 saturated heterocycles. The van der Waals surface area contributed by atoms with E-state index in [1.165, 1.54) is 0 Å². The van der Waals surface area contributed by atoms with Crippen molar-refractivity contribution in [1.29, 1.82) is 0 Å². The molecule has 0 aromatic rings. The number of carbonyl (C=O) groups excluding carboxylic acids is 18. The van der Waals surface area contributed by atoms with Crippen LogP contribution in [-0.4, -0.2) is 261 Å². The van der Waals surface area contributed by atoms with Gasteiger partial charge >= 0.3 is 0 Å². The van der Waals surface area contributed by atoms with Gasteiger partial charge in [-0.2, -0.15) is 0 Å². The first-order chi connectivity index (χ1) is 52.3. The van der Waals surface area contributed by atoms with Crippen molar-refractivity contribution in [2.24, 2.45) is 0 Å². The summed E-state index contributed by atoms with van der Waals surface area (Å²) in [6.45, 7) is 0.835. The first-order valence-electron chi connectivity index (χ1n) is 36.0. The van der Waals surface area contributed by atoms with Crippen molar-refractivity contribution in [3.05, 3.63) is 0 Å². The Kier molecular flexibility index (Phi) is 61.4. The molecule has 0 saturated carbocycles. The second kappa shape index (κ2) is 65.7. The van der Waals surface area contributed by atoms with Crippen LogP contribution in [0.3, 0.4) is 0 Å². The third-order valence-corrected chi connectivity index (χ3v) is 17.8. The molecule has 17 amide bonds. The normalized spacial score (nSPS) is 12.7. The Hall–Kier alpha value is -7.02. The molecule has 0 heterocycles. The zero-order valence-electron chi connectivity index (χ0n) is 61.0. The molecule has 17 N–H and O–H groups in total. The van der Waals surface area contributed by atoms with E-state index >= 15 is 0 Å². The van der Waals surface area contributed by atoms with Crippen molar-refractivity contribution < 1.29 is 86.3 Å². The molecule has 0 bridgehead atoms. The number of nitrogens with one attached hydrogen (secondary N) is 17. The van der Waals surface area contributed by atoms with Gasteiger partial charge < -0.3 is 90.4 Å². The van der Waals surface area contributed by atoms with Crippen LogP contribution in [-0.2, 0) is 86.3 Å². The highest BCUT2D eigenvalue weighted by Crippen LogP contribution is 2.12. The minimum atomic E-state index is -1.44. The van der Waals surface area contributed by atoms with E-state index in [1.807, 2.05) is 0 Å². The van der Waals surface area contributed by atoms with Crippen LogP contribution in [0.15, 0.2) is 0 Å². The average Bonchev–Trinajstić information content (AvgIpc) is 0.874. The summed E-state index contributed by atoms with van der Waals surface area (Å²) in [5.74, 6) is -13.5. The van der Waals surface area contributed by atoms with Gasteiger partial charge in [0.15, 0.2) is 0 Å². The average molecular weight is 1710 g/mol. The topological polar surface area (TPSA) is 512 Å². The summed E-state index contributed by atoms with van der Waals surface area (Å²) in [6, 6.07) is -8.56. The van der Waals surface area contributed by atoms with Gasteiger partial charge in [0, 0.05) is 71.9 Å². The molecule has 0 aliphatic rings. The molecule has 0 fully saturated rings. The summed E-state index contributed by atoms with van der Waals surface area (Å²) in [5, 5.41) is 44.6. The van der Waals surface area contributed by atoms with E-state index in [2.05, 4.69) is 90.4 Å². The fourth-order valence-corrected chi connectivity index (χ4v) is 10.8. The minimum absolute atomic E-state index is 0.00204. The molecule has 109 heavy (non-hydrogen) atoms. The highest BCUT2D eigenvalue weighted by Gasteiger charge is 2.32. The van der Waals surface area contributed by atoms with Gasteiger partial charge in [0.1, 0.15) is 89.3 Å². The van der Waals surface area contributed by atoms with Crippen molar-refractivity contribution in [1.82, 2.24) is 90.4 Å². The number of rotatable bonds is 65. The Balaban J connectivity index is 7.11. The zero-order chi connectivity index (χ0) is 81.6. The lowest BCUT2D eigenvalue weighted by Gasteiger charge is -2.26. The Morgan fingerprint density at radius 1 is 0.202 bits per heavy atom. The smallest absolute Gasteiger partial charge is 0.284 e. The minimum Gasteiger partial charge on any atom is -0.356 e. The number of amides is 17. The van der Waals surface area contributed by atoms with E-state index in [0.717, 1.165) is 0 Å². The van der Waals surface area contributed by atoms with Crippen molar-refractivity contribution in [2.75, 3.05) is 112 Å². The zero-order valence-corrected chi connectivity index (χ0v) is 67.0. The summed E-state index contributed by atoms with van der Waals surface area (Å²) >= 11 is 45.4. The number of aldehydes is 1. The molecule has 0 aromatic heterocycles. The molecule has 0 aliphatic carbocycles. The van der Waals surface area contributed by atoms with E-state index in [9.17, 15) is 86.3 Å². The third-order valence-electron chi connectivity index (χ3n) is 15.8. The number of unbranched alkanes of at least 4 members (excludes halogenated alkanes) is 7. The molecule has 0 radical (unpaired) electrons. The maximum atomic E-state index is 14.7. The van der Waals surface area contributed by atoms with Gasteiger partial charge in [0.2, 0.25) is 101 Å². The molecule has 7 atom stereocenters. The van der Waals surface area contributed by atoms with E-state index in [-0.39, 0.29) is 210 Å².